The molecule has 49 heavy (non-hydrogen) atoms. The molecule has 0 saturated heterocycles. The van der Waals surface area contributed by atoms with Gasteiger partial charge in [0.15, 0.2) is 0 Å². The first kappa shape index (κ1) is 35.9. The SMILES string of the molecule is Cc1ccc(-c2[c-]cccc2)nc1.Cc1cnc(-c2[c-]ccc3c2oc2nc(-c4c(C)cccc4C)ccc23)cc1C(C(C)C)C(C)C.[Ir]. The molecule has 7 rings (SSSR count). The molecule has 0 unspecified atom stereocenters. The molecule has 0 bridgehead atoms. The second kappa shape index (κ2) is 15.4. The fraction of sp³-hybridized carbons (Fsp3) is 0.250. The van der Waals surface area contributed by atoms with Crippen LogP contribution < -0.4 is 0 Å². The van der Waals surface area contributed by atoms with E-state index in [0.29, 0.717) is 23.5 Å². The summed E-state index contributed by atoms with van der Waals surface area (Å²) in [4.78, 5) is 14.1. The standard InChI is InChI=1S/C32H33N2O.C12H10N.Ir/c1-18(2)29(19(3)4)26-16-28(33-17-22(26)7)25-13-9-12-23-24-14-15-27(34-32(24)35-31(23)25)30-20(5)10-8-11-21(30)6;1-10-7-8-12(13-9-10)11-5-3-2-4-6-11;/h8-12,14-19,29H,1-7H3;2-5,7-9H,1H3;/q2*-1;. The van der Waals surface area contributed by atoms with Gasteiger partial charge in [0, 0.05) is 43.4 Å². The van der Waals surface area contributed by atoms with Gasteiger partial charge in [0.1, 0.15) is 0 Å². The topological polar surface area (TPSA) is 51.8 Å². The molecule has 3 aromatic carbocycles. The number of hydrogen-bond donors (Lipinski definition) is 0. The maximum atomic E-state index is 6.42. The van der Waals surface area contributed by atoms with Crippen molar-refractivity contribution in [3.8, 4) is 33.8 Å². The van der Waals surface area contributed by atoms with Gasteiger partial charge in [-0.05, 0) is 96.8 Å². The Bertz CT molecular complexity index is 2160. The summed E-state index contributed by atoms with van der Waals surface area (Å²) >= 11 is 0. The van der Waals surface area contributed by atoms with E-state index in [2.05, 4.69) is 114 Å². The van der Waals surface area contributed by atoms with Crippen LogP contribution in [0.4, 0.5) is 0 Å². The van der Waals surface area contributed by atoms with Gasteiger partial charge in [0.05, 0.1) is 11.3 Å². The summed E-state index contributed by atoms with van der Waals surface area (Å²) in [6.07, 6.45) is 3.87. The molecule has 7 aromatic rings. The normalized spacial score (nSPS) is 11.2. The third-order valence-corrected chi connectivity index (χ3v) is 9.13. The quantitative estimate of drug-likeness (QED) is 0.157. The summed E-state index contributed by atoms with van der Waals surface area (Å²) in [5, 5.41) is 2.06. The Morgan fingerprint density at radius 1 is 0.633 bits per heavy atom. The van der Waals surface area contributed by atoms with Gasteiger partial charge in [-0.3, -0.25) is 0 Å². The Labute approximate surface area is 304 Å². The Kier molecular flexibility index (Phi) is 11.3. The van der Waals surface area contributed by atoms with Crippen molar-refractivity contribution in [1.82, 2.24) is 15.0 Å². The number of nitrogens with zero attached hydrogens (tertiary/aromatic N) is 3. The zero-order valence-electron chi connectivity index (χ0n) is 29.6. The van der Waals surface area contributed by atoms with E-state index in [4.69, 9.17) is 14.4 Å². The van der Waals surface area contributed by atoms with Crippen LogP contribution in [0.3, 0.4) is 0 Å². The van der Waals surface area contributed by atoms with E-state index in [0.717, 1.165) is 44.6 Å². The fourth-order valence-corrected chi connectivity index (χ4v) is 6.87. The molecule has 0 atom stereocenters. The third kappa shape index (κ3) is 7.59. The molecule has 0 fully saturated rings. The average Bonchev–Trinajstić information content (AvgIpc) is 3.45. The minimum atomic E-state index is 0. The molecular weight excluding hydrogens is 779 g/mol. The average molecular weight is 822 g/mol. The molecule has 0 N–H and O–H groups in total. The van der Waals surface area contributed by atoms with Crippen LogP contribution in [0.5, 0.6) is 0 Å². The smallest absolute Gasteiger partial charge is 0.216 e. The van der Waals surface area contributed by atoms with Crippen molar-refractivity contribution in [3.05, 3.63) is 137 Å². The van der Waals surface area contributed by atoms with Crippen LogP contribution in [-0.2, 0) is 20.1 Å². The number of hydrogen-bond acceptors (Lipinski definition) is 4. The van der Waals surface area contributed by atoms with Crippen molar-refractivity contribution in [2.75, 3.05) is 0 Å². The molecule has 0 aliphatic heterocycles. The molecule has 0 aliphatic rings. The first-order valence-corrected chi connectivity index (χ1v) is 16.8. The Balaban J connectivity index is 0.000000280. The van der Waals surface area contributed by atoms with E-state index in [-0.39, 0.29) is 20.1 Å². The van der Waals surface area contributed by atoms with Gasteiger partial charge in [0.25, 0.3) is 0 Å². The van der Waals surface area contributed by atoms with Crippen LogP contribution >= 0.6 is 0 Å². The van der Waals surface area contributed by atoms with E-state index >= 15 is 0 Å². The number of aromatic nitrogens is 3. The van der Waals surface area contributed by atoms with Gasteiger partial charge >= 0.3 is 0 Å². The number of rotatable bonds is 6. The molecule has 5 heteroatoms. The van der Waals surface area contributed by atoms with Gasteiger partial charge in [-0.2, -0.15) is 0 Å². The maximum absolute atomic E-state index is 6.42. The second-order valence-corrected chi connectivity index (χ2v) is 13.5. The van der Waals surface area contributed by atoms with Gasteiger partial charge in [-0.15, -0.1) is 54.1 Å². The van der Waals surface area contributed by atoms with Crippen LogP contribution in [0.1, 0.15) is 61.4 Å². The maximum Gasteiger partial charge on any atom is 0.216 e. The Hall–Kier alpha value is -4.44. The second-order valence-electron chi connectivity index (χ2n) is 13.5. The summed E-state index contributed by atoms with van der Waals surface area (Å²) in [6.45, 7) is 17.7. The summed E-state index contributed by atoms with van der Waals surface area (Å²) in [5.41, 5.74) is 13.6. The third-order valence-electron chi connectivity index (χ3n) is 9.13. The van der Waals surface area contributed by atoms with Gasteiger partial charge in [-0.1, -0.05) is 75.0 Å². The number of furan rings is 1. The summed E-state index contributed by atoms with van der Waals surface area (Å²) < 4.78 is 6.42. The van der Waals surface area contributed by atoms with Gasteiger partial charge < -0.3 is 14.4 Å². The summed E-state index contributed by atoms with van der Waals surface area (Å²) in [5.74, 6) is 1.55. The van der Waals surface area contributed by atoms with Crippen molar-refractivity contribution in [2.24, 2.45) is 11.8 Å². The van der Waals surface area contributed by atoms with Crippen LogP contribution in [0.2, 0.25) is 0 Å². The van der Waals surface area contributed by atoms with Crippen molar-refractivity contribution < 1.29 is 24.5 Å². The fourth-order valence-electron chi connectivity index (χ4n) is 6.87. The van der Waals surface area contributed by atoms with Crippen LogP contribution in [0.25, 0.3) is 55.8 Å². The molecule has 4 heterocycles. The van der Waals surface area contributed by atoms with Crippen molar-refractivity contribution >= 4 is 22.1 Å². The summed E-state index contributed by atoms with van der Waals surface area (Å²) in [7, 11) is 0. The van der Waals surface area contributed by atoms with E-state index < -0.39 is 0 Å². The van der Waals surface area contributed by atoms with Crippen LogP contribution in [-0.4, -0.2) is 15.0 Å². The molecule has 0 aliphatic carbocycles. The predicted octanol–water partition coefficient (Wildman–Crippen LogP) is 11.7. The molecule has 1 radical (unpaired) electrons. The zero-order valence-corrected chi connectivity index (χ0v) is 31.9. The van der Waals surface area contributed by atoms with Crippen LogP contribution in [0, 0.1) is 51.7 Å². The summed E-state index contributed by atoms with van der Waals surface area (Å²) in [6, 6.07) is 35.3. The Morgan fingerprint density at radius 3 is 2.00 bits per heavy atom. The zero-order chi connectivity index (χ0) is 33.9. The first-order valence-electron chi connectivity index (χ1n) is 16.8. The van der Waals surface area contributed by atoms with E-state index in [9.17, 15) is 0 Å². The van der Waals surface area contributed by atoms with Crippen molar-refractivity contribution in [1.29, 1.82) is 0 Å². The molecule has 251 valence electrons. The van der Waals surface area contributed by atoms with Gasteiger partial charge in [-0.25, -0.2) is 4.98 Å². The monoisotopic (exact) mass is 822 g/mol. The van der Waals surface area contributed by atoms with Crippen LogP contribution in [0.15, 0.2) is 102 Å². The number of fused-ring (bicyclic) bond motifs is 3. The van der Waals surface area contributed by atoms with Gasteiger partial charge in [0.2, 0.25) is 5.71 Å². The number of pyridine rings is 3. The first-order chi connectivity index (χ1) is 23.1. The van der Waals surface area contributed by atoms with E-state index in [1.807, 2.05) is 55.7 Å². The molecule has 0 spiro atoms. The van der Waals surface area contributed by atoms with Crippen molar-refractivity contribution in [2.45, 2.75) is 61.3 Å². The molecule has 4 aromatic heterocycles. The minimum absolute atomic E-state index is 0. The Morgan fingerprint density at radius 2 is 1.35 bits per heavy atom. The largest absolute Gasteiger partial charge is 0.486 e. The predicted molar refractivity (Wildman–Crippen MR) is 199 cm³/mol. The molecule has 4 nitrogen and oxygen atoms in total. The van der Waals surface area contributed by atoms with E-state index in [1.165, 1.54) is 33.4 Å². The molecular formula is C44H43IrN3O-2. The minimum Gasteiger partial charge on any atom is -0.486 e. The number of benzene rings is 3. The molecule has 0 saturated carbocycles. The van der Waals surface area contributed by atoms with Crippen molar-refractivity contribution in [3.63, 3.8) is 0 Å². The van der Waals surface area contributed by atoms with E-state index in [1.54, 1.807) is 0 Å². The molecule has 0 amide bonds. The number of aryl methyl sites for hydroxylation is 4.